The maximum absolute atomic E-state index is 13.9. The van der Waals surface area contributed by atoms with Gasteiger partial charge in [-0.25, -0.2) is 17.1 Å². The molecule has 0 aliphatic carbocycles. The summed E-state index contributed by atoms with van der Waals surface area (Å²) in [6.45, 7) is 2.16. The molecule has 2 aliphatic heterocycles. The molecule has 4 rings (SSSR count). The Bertz CT molecular complexity index is 1370. The van der Waals surface area contributed by atoms with E-state index in [2.05, 4.69) is 5.32 Å². The van der Waals surface area contributed by atoms with Crippen molar-refractivity contribution in [1.82, 2.24) is 14.5 Å². The predicted molar refractivity (Wildman–Crippen MR) is 141 cm³/mol. The van der Waals surface area contributed by atoms with Gasteiger partial charge in [0.1, 0.15) is 5.82 Å². The lowest BCUT2D eigenvalue weighted by atomic mass is 9.79. The molecule has 2 saturated heterocycles. The number of hydrogen-bond donors (Lipinski definition) is 1. The number of rotatable bonds is 6. The van der Waals surface area contributed by atoms with Crippen LogP contribution in [0.25, 0.3) is 0 Å². The van der Waals surface area contributed by atoms with Crippen molar-refractivity contribution in [2.75, 3.05) is 33.2 Å². The maximum atomic E-state index is 13.9. The van der Waals surface area contributed by atoms with Crippen LogP contribution in [-0.4, -0.2) is 62.0 Å². The van der Waals surface area contributed by atoms with E-state index >= 15 is 0 Å². The van der Waals surface area contributed by atoms with Crippen molar-refractivity contribution in [2.45, 2.75) is 56.3 Å². The molecule has 2 aromatic rings. The number of halogens is 7. The molecule has 1 N–H and O–H groups in total. The van der Waals surface area contributed by atoms with Gasteiger partial charge in [0.2, 0.25) is 15.9 Å². The van der Waals surface area contributed by atoms with Gasteiger partial charge in [-0.1, -0.05) is 6.07 Å². The summed E-state index contributed by atoms with van der Waals surface area (Å²) in [5, 5.41) is 2.53. The van der Waals surface area contributed by atoms with Crippen LogP contribution in [0.4, 0.5) is 30.7 Å². The molecule has 2 atom stereocenters. The van der Waals surface area contributed by atoms with E-state index in [0.717, 1.165) is 4.90 Å². The molecule has 232 valence electrons. The van der Waals surface area contributed by atoms with Crippen molar-refractivity contribution in [3.8, 4) is 0 Å². The average Bonchev–Trinajstić information content (AvgIpc) is 2.91. The number of carbonyl (C=O) groups is 1. The lowest BCUT2D eigenvalue weighted by Gasteiger charge is -2.41. The minimum atomic E-state index is -5.03. The Morgan fingerprint density at radius 2 is 1.57 bits per heavy atom. The molecular formula is C28H32F7N3O3S. The molecule has 1 amide bonds. The van der Waals surface area contributed by atoms with Crippen LogP contribution in [0.15, 0.2) is 36.4 Å². The van der Waals surface area contributed by atoms with Gasteiger partial charge in [-0.2, -0.15) is 26.3 Å². The van der Waals surface area contributed by atoms with Crippen LogP contribution in [-0.2, 0) is 33.7 Å². The van der Waals surface area contributed by atoms with Crippen molar-refractivity contribution in [2.24, 2.45) is 5.92 Å². The molecule has 2 aromatic carbocycles. The first-order chi connectivity index (χ1) is 19.5. The molecule has 2 fully saturated rings. The smallest absolute Gasteiger partial charge is 0.341 e. The zero-order valence-electron chi connectivity index (χ0n) is 23.0. The topological polar surface area (TPSA) is 69.7 Å². The number of amides is 1. The Hall–Kier alpha value is -2.71. The van der Waals surface area contributed by atoms with Crippen LogP contribution < -0.4 is 5.32 Å². The van der Waals surface area contributed by atoms with E-state index in [1.165, 1.54) is 29.6 Å². The van der Waals surface area contributed by atoms with Gasteiger partial charge >= 0.3 is 12.4 Å². The molecule has 2 aliphatic rings. The highest BCUT2D eigenvalue weighted by Gasteiger charge is 2.43. The summed E-state index contributed by atoms with van der Waals surface area (Å²) in [5.41, 5.74) is -2.27. The molecule has 0 saturated carbocycles. The van der Waals surface area contributed by atoms with Gasteiger partial charge in [-0.05, 0) is 86.3 Å². The van der Waals surface area contributed by atoms with E-state index in [4.69, 9.17) is 0 Å². The Morgan fingerprint density at radius 3 is 2.12 bits per heavy atom. The number of piperidine rings is 2. The second-order valence-electron chi connectivity index (χ2n) is 11.0. The van der Waals surface area contributed by atoms with E-state index in [-0.39, 0.29) is 31.1 Å². The minimum absolute atomic E-state index is 0.0228. The lowest BCUT2D eigenvalue weighted by Crippen LogP contribution is -2.51. The van der Waals surface area contributed by atoms with Crippen molar-refractivity contribution in [3.63, 3.8) is 0 Å². The highest BCUT2D eigenvalue weighted by molar-refractivity contribution is 7.89. The van der Waals surface area contributed by atoms with Gasteiger partial charge < -0.3 is 10.2 Å². The van der Waals surface area contributed by atoms with E-state index in [1.807, 2.05) is 0 Å². The van der Waals surface area contributed by atoms with Gasteiger partial charge in [-0.3, -0.25) is 4.79 Å². The summed E-state index contributed by atoms with van der Waals surface area (Å²) < 4.78 is 122. The predicted octanol–water partition coefficient (Wildman–Crippen LogP) is 5.32. The van der Waals surface area contributed by atoms with Crippen LogP contribution in [0.1, 0.15) is 53.0 Å². The second-order valence-corrected chi connectivity index (χ2v) is 13.2. The summed E-state index contributed by atoms with van der Waals surface area (Å²) in [4.78, 5) is 14.8. The molecule has 2 unspecified atom stereocenters. The molecule has 0 radical (unpaired) electrons. The van der Waals surface area contributed by atoms with Crippen LogP contribution in [0.3, 0.4) is 0 Å². The molecule has 14 heteroatoms. The molecule has 2 heterocycles. The van der Waals surface area contributed by atoms with Gasteiger partial charge in [0.05, 0.1) is 16.4 Å². The quantitative estimate of drug-likeness (QED) is 0.443. The van der Waals surface area contributed by atoms with Gasteiger partial charge in [-0.15, -0.1) is 0 Å². The van der Waals surface area contributed by atoms with Crippen LogP contribution in [0.5, 0.6) is 0 Å². The number of nitrogens with zero attached hydrogens (tertiary/aromatic N) is 2. The van der Waals surface area contributed by atoms with Crippen molar-refractivity contribution in [3.05, 3.63) is 70.0 Å². The van der Waals surface area contributed by atoms with Crippen molar-refractivity contribution >= 4 is 15.9 Å². The summed E-state index contributed by atoms with van der Waals surface area (Å²) in [6, 6.07) is 5.14. The standard InChI is InChI=1S/C28H32F7N3O3S/c1-17-11-21(29)3-4-23(17)25-16-38(42(40,41)22-5-8-36-9-6-22)10-7-24(25)26(39)37(2)15-18-12-19(27(30,31)32)14-20(13-18)28(33,34)35/h3-4,11-14,22,24-25,36H,5-10,15-16H2,1-2H3. The Morgan fingerprint density at radius 1 is 0.976 bits per heavy atom. The number of aryl methyl sites for hydroxylation is 1. The number of carbonyl (C=O) groups excluding carboxylic acids is 1. The number of nitrogens with one attached hydrogen (secondary N) is 1. The highest BCUT2D eigenvalue weighted by Crippen LogP contribution is 2.39. The third-order valence-electron chi connectivity index (χ3n) is 8.03. The van der Waals surface area contributed by atoms with Crippen LogP contribution >= 0.6 is 0 Å². The normalized spacial score (nSPS) is 21.4. The summed E-state index contributed by atoms with van der Waals surface area (Å²) in [6.07, 6.45) is -9.12. The minimum Gasteiger partial charge on any atom is -0.341 e. The van der Waals surface area contributed by atoms with Gasteiger partial charge in [0.25, 0.3) is 0 Å². The van der Waals surface area contributed by atoms with Crippen molar-refractivity contribution in [1.29, 1.82) is 0 Å². The fraction of sp³-hybridized carbons (Fsp3) is 0.536. The summed E-state index contributed by atoms with van der Waals surface area (Å²) in [7, 11) is -2.44. The Labute approximate surface area is 239 Å². The fourth-order valence-electron chi connectivity index (χ4n) is 5.87. The van der Waals surface area contributed by atoms with Crippen LogP contribution in [0.2, 0.25) is 0 Å². The molecular weight excluding hydrogens is 591 g/mol. The first kappa shape index (κ1) is 32.2. The van der Waals surface area contributed by atoms with E-state index < -0.39 is 68.9 Å². The third kappa shape index (κ3) is 7.08. The van der Waals surface area contributed by atoms with E-state index in [1.54, 1.807) is 6.92 Å². The first-order valence-electron chi connectivity index (χ1n) is 13.5. The van der Waals surface area contributed by atoms with Gasteiger partial charge in [0.15, 0.2) is 0 Å². The number of alkyl halides is 6. The lowest BCUT2D eigenvalue weighted by molar-refractivity contribution is -0.143. The Balaban J connectivity index is 1.63. The number of sulfonamides is 1. The largest absolute Gasteiger partial charge is 0.416 e. The molecule has 0 bridgehead atoms. The molecule has 6 nitrogen and oxygen atoms in total. The first-order valence-corrected chi connectivity index (χ1v) is 15.0. The zero-order chi connectivity index (χ0) is 31.0. The third-order valence-corrected chi connectivity index (χ3v) is 10.4. The summed E-state index contributed by atoms with van der Waals surface area (Å²) in [5.74, 6) is -2.63. The van der Waals surface area contributed by atoms with Gasteiger partial charge in [0, 0.05) is 38.5 Å². The average molecular weight is 624 g/mol. The number of benzene rings is 2. The van der Waals surface area contributed by atoms with Crippen LogP contribution in [0, 0.1) is 18.7 Å². The molecule has 0 spiro atoms. The molecule has 0 aromatic heterocycles. The monoisotopic (exact) mass is 623 g/mol. The highest BCUT2D eigenvalue weighted by atomic mass is 32.2. The maximum Gasteiger partial charge on any atom is 0.416 e. The van der Waals surface area contributed by atoms with Crippen molar-refractivity contribution < 1.29 is 43.9 Å². The molecule has 42 heavy (non-hydrogen) atoms. The number of hydrogen-bond acceptors (Lipinski definition) is 4. The van der Waals surface area contributed by atoms with E-state index in [9.17, 15) is 43.9 Å². The fourth-order valence-corrected chi connectivity index (χ4v) is 7.85. The zero-order valence-corrected chi connectivity index (χ0v) is 23.8. The Kier molecular flexibility index (Phi) is 9.29. The van der Waals surface area contributed by atoms with E-state index in [0.29, 0.717) is 49.2 Å². The summed E-state index contributed by atoms with van der Waals surface area (Å²) >= 11 is 0. The second kappa shape index (κ2) is 12.1. The SMILES string of the molecule is Cc1cc(F)ccc1C1CN(S(=O)(=O)C2CCNCC2)CCC1C(=O)N(C)Cc1cc(C(F)(F)F)cc(C(F)(F)F)c1.